The Morgan fingerprint density at radius 2 is 2.05 bits per heavy atom. The minimum atomic E-state index is -0.0786. The molecule has 0 radical (unpaired) electrons. The molecule has 0 saturated heterocycles. The third kappa shape index (κ3) is 3.00. The number of hydrogen-bond donors (Lipinski definition) is 1. The van der Waals surface area contributed by atoms with Crippen molar-refractivity contribution in [1.82, 2.24) is 9.66 Å². The molecule has 19 heavy (non-hydrogen) atoms. The molecule has 0 aliphatic carbocycles. The molecule has 1 N–H and O–H groups in total. The molecule has 0 aliphatic heterocycles. The largest absolute Gasteiger partial charge is 0.321 e. The Bertz CT molecular complexity index is 680. The molecule has 0 bridgehead atoms. The maximum atomic E-state index is 12.5. The van der Waals surface area contributed by atoms with Crippen LogP contribution in [0.15, 0.2) is 25.9 Å². The summed E-state index contributed by atoms with van der Waals surface area (Å²) < 4.78 is 3.18. The van der Waals surface area contributed by atoms with Gasteiger partial charge in [-0.15, -0.1) is 0 Å². The third-order valence-corrected chi connectivity index (χ3v) is 3.78. The number of nitrogens with one attached hydrogen (secondary N) is 1. The first kappa shape index (κ1) is 14.5. The van der Waals surface area contributed by atoms with E-state index in [2.05, 4.69) is 56.1 Å². The molecule has 2 aromatic rings. The number of rotatable bonds is 3. The summed E-state index contributed by atoms with van der Waals surface area (Å²) in [6.07, 6.45) is 0. The second-order valence-corrected chi connectivity index (χ2v) is 6.61. The van der Waals surface area contributed by atoms with Crippen LogP contribution in [-0.2, 0) is 0 Å². The lowest BCUT2D eigenvalue weighted by Gasteiger charge is -2.15. The van der Waals surface area contributed by atoms with Gasteiger partial charge in [0.1, 0.15) is 5.82 Å². The van der Waals surface area contributed by atoms with Crippen molar-refractivity contribution in [3.63, 3.8) is 0 Å². The van der Waals surface area contributed by atoms with Gasteiger partial charge in [-0.3, -0.25) is 4.79 Å². The van der Waals surface area contributed by atoms with E-state index in [4.69, 9.17) is 0 Å². The minimum absolute atomic E-state index is 0.0786. The fourth-order valence-electron chi connectivity index (χ4n) is 1.78. The highest BCUT2D eigenvalue weighted by Crippen LogP contribution is 2.25. The van der Waals surface area contributed by atoms with Crippen molar-refractivity contribution in [2.75, 3.05) is 12.0 Å². The zero-order valence-electron chi connectivity index (χ0n) is 11.0. The van der Waals surface area contributed by atoms with Crippen LogP contribution in [0.4, 0.5) is 0 Å². The molecule has 1 aromatic carbocycles. The van der Waals surface area contributed by atoms with Gasteiger partial charge in [0.15, 0.2) is 0 Å². The van der Waals surface area contributed by atoms with Gasteiger partial charge >= 0.3 is 0 Å². The van der Waals surface area contributed by atoms with E-state index in [1.807, 2.05) is 13.0 Å². The topological polar surface area (TPSA) is 46.9 Å². The minimum Gasteiger partial charge on any atom is -0.321 e. The predicted molar refractivity (Wildman–Crippen MR) is 85.2 cm³/mol. The third-order valence-electron chi connectivity index (χ3n) is 2.72. The first-order chi connectivity index (χ1) is 8.90. The molecule has 0 spiro atoms. The monoisotopic (exact) mass is 387 g/mol. The fourth-order valence-corrected chi connectivity index (χ4v) is 3.10. The van der Waals surface area contributed by atoms with Gasteiger partial charge in [-0.2, -0.15) is 0 Å². The lowest BCUT2D eigenvalue weighted by atomic mass is 10.2. The first-order valence-electron chi connectivity index (χ1n) is 6.02. The average Bonchev–Trinajstić information content (AvgIpc) is 2.30. The SMILES string of the molecule is Cc1nc2c(Br)cc(Br)cc2c(=O)n1NCC(C)C. The number of nitrogens with zero attached hydrogens (tertiary/aromatic N) is 2. The summed E-state index contributed by atoms with van der Waals surface area (Å²) >= 11 is 6.84. The summed E-state index contributed by atoms with van der Waals surface area (Å²) in [6.45, 7) is 6.73. The Morgan fingerprint density at radius 3 is 2.68 bits per heavy atom. The van der Waals surface area contributed by atoms with Crippen LogP contribution in [-0.4, -0.2) is 16.2 Å². The van der Waals surface area contributed by atoms with E-state index in [1.54, 1.807) is 6.07 Å². The van der Waals surface area contributed by atoms with Crippen LogP contribution in [0.2, 0.25) is 0 Å². The predicted octanol–water partition coefficient (Wildman–Crippen LogP) is 3.43. The average molecular weight is 389 g/mol. The Kier molecular flexibility index (Phi) is 4.30. The van der Waals surface area contributed by atoms with Gasteiger partial charge in [-0.25, -0.2) is 9.66 Å². The summed E-state index contributed by atoms with van der Waals surface area (Å²) in [4.78, 5) is 17.0. The Hall–Kier alpha value is -0.880. The van der Waals surface area contributed by atoms with Crippen LogP contribution < -0.4 is 11.0 Å². The number of aryl methyl sites for hydroxylation is 1. The smallest absolute Gasteiger partial charge is 0.280 e. The summed E-state index contributed by atoms with van der Waals surface area (Å²) in [6, 6.07) is 3.68. The van der Waals surface area contributed by atoms with Gasteiger partial charge < -0.3 is 5.43 Å². The molecule has 0 unspecified atom stereocenters. The molecule has 1 aromatic heterocycles. The number of halogens is 2. The quantitative estimate of drug-likeness (QED) is 0.876. The Balaban J connectivity index is 2.64. The molecule has 0 saturated carbocycles. The van der Waals surface area contributed by atoms with Gasteiger partial charge in [0.05, 0.1) is 10.9 Å². The fraction of sp³-hybridized carbons (Fsp3) is 0.385. The summed E-state index contributed by atoms with van der Waals surface area (Å²) in [7, 11) is 0. The number of fused-ring (bicyclic) bond motifs is 1. The molecule has 1 heterocycles. The Labute approximate surface area is 128 Å². The molecule has 102 valence electrons. The molecule has 0 amide bonds. The summed E-state index contributed by atoms with van der Waals surface area (Å²) in [5.74, 6) is 1.11. The van der Waals surface area contributed by atoms with Gasteiger partial charge in [0.2, 0.25) is 0 Å². The van der Waals surface area contributed by atoms with Crippen LogP contribution in [0.25, 0.3) is 10.9 Å². The maximum Gasteiger partial charge on any atom is 0.280 e. The first-order valence-corrected chi connectivity index (χ1v) is 7.61. The summed E-state index contributed by atoms with van der Waals surface area (Å²) in [5, 5.41) is 0.586. The maximum absolute atomic E-state index is 12.5. The molecule has 2 rings (SSSR count). The molecule has 0 aliphatic rings. The van der Waals surface area contributed by atoms with Crippen molar-refractivity contribution in [1.29, 1.82) is 0 Å². The number of benzene rings is 1. The number of hydrogen-bond acceptors (Lipinski definition) is 3. The van der Waals surface area contributed by atoms with Crippen LogP contribution in [0, 0.1) is 12.8 Å². The van der Waals surface area contributed by atoms with E-state index in [0.29, 0.717) is 22.6 Å². The molecule has 0 atom stereocenters. The molecule has 6 heteroatoms. The lowest BCUT2D eigenvalue weighted by molar-refractivity contribution is 0.623. The highest BCUT2D eigenvalue weighted by Gasteiger charge is 2.11. The van der Waals surface area contributed by atoms with Crippen LogP contribution >= 0.6 is 31.9 Å². The second kappa shape index (κ2) is 5.63. The van der Waals surface area contributed by atoms with E-state index < -0.39 is 0 Å². The van der Waals surface area contributed by atoms with Gasteiger partial charge in [0.25, 0.3) is 5.56 Å². The van der Waals surface area contributed by atoms with Crippen molar-refractivity contribution in [3.8, 4) is 0 Å². The zero-order chi connectivity index (χ0) is 14.2. The number of aromatic nitrogens is 2. The van der Waals surface area contributed by atoms with E-state index in [0.717, 1.165) is 15.5 Å². The van der Waals surface area contributed by atoms with Crippen molar-refractivity contribution in [2.24, 2.45) is 5.92 Å². The van der Waals surface area contributed by atoms with E-state index in [1.165, 1.54) is 4.68 Å². The highest BCUT2D eigenvalue weighted by molar-refractivity contribution is 9.11. The summed E-state index contributed by atoms with van der Waals surface area (Å²) in [5.41, 5.74) is 3.73. The van der Waals surface area contributed by atoms with Crippen molar-refractivity contribution in [3.05, 3.63) is 37.3 Å². The standard InChI is InChI=1S/C13H15Br2N3O/c1-7(2)6-16-18-8(3)17-12-10(13(18)19)4-9(14)5-11(12)15/h4-5,7,16H,6H2,1-3H3. The van der Waals surface area contributed by atoms with E-state index in [9.17, 15) is 4.79 Å². The molecule has 4 nitrogen and oxygen atoms in total. The van der Waals surface area contributed by atoms with Crippen LogP contribution in [0.5, 0.6) is 0 Å². The zero-order valence-corrected chi connectivity index (χ0v) is 14.2. The van der Waals surface area contributed by atoms with E-state index in [-0.39, 0.29) is 5.56 Å². The molecule has 0 fully saturated rings. The van der Waals surface area contributed by atoms with Crippen molar-refractivity contribution < 1.29 is 0 Å². The molecular weight excluding hydrogens is 374 g/mol. The van der Waals surface area contributed by atoms with Crippen LogP contribution in [0.3, 0.4) is 0 Å². The highest BCUT2D eigenvalue weighted by atomic mass is 79.9. The van der Waals surface area contributed by atoms with Crippen LogP contribution in [0.1, 0.15) is 19.7 Å². The normalized spacial score (nSPS) is 11.3. The second-order valence-electron chi connectivity index (χ2n) is 4.84. The van der Waals surface area contributed by atoms with Crippen molar-refractivity contribution in [2.45, 2.75) is 20.8 Å². The van der Waals surface area contributed by atoms with Gasteiger partial charge in [-0.1, -0.05) is 29.8 Å². The van der Waals surface area contributed by atoms with Gasteiger partial charge in [-0.05, 0) is 40.9 Å². The lowest BCUT2D eigenvalue weighted by Crippen LogP contribution is -2.33. The molecular formula is C13H15Br2N3O. The van der Waals surface area contributed by atoms with E-state index >= 15 is 0 Å². The van der Waals surface area contributed by atoms with Gasteiger partial charge in [0, 0.05) is 15.5 Å². The van der Waals surface area contributed by atoms with Crippen molar-refractivity contribution >= 4 is 42.8 Å². The Morgan fingerprint density at radius 1 is 1.37 bits per heavy atom.